The van der Waals surface area contributed by atoms with Crippen LogP contribution in [0.15, 0.2) is 46.2 Å². The molecule has 0 aliphatic rings. The van der Waals surface area contributed by atoms with Gasteiger partial charge in [-0.15, -0.1) is 11.3 Å². The highest BCUT2D eigenvalue weighted by Gasteiger charge is 2.21. The highest BCUT2D eigenvalue weighted by atomic mass is 32.1. The predicted octanol–water partition coefficient (Wildman–Crippen LogP) is 5.45. The average Bonchev–Trinajstić information content (AvgIpc) is 3.39. The van der Waals surface area contributed by atoms with Crippen LogP contribution in [-0.2, 0) is 16.6 Å². The zero-order valence-electron chi connectivity index (χ0n) is 18.7. The van der Waals surface area contributed by atoms with Crippen LogP contribution in [0.3, 0.4) is 0 Å². The van der Waals surface area contributed by atoms with Crippen molar-refractivity contribution in [2.45, 2.75) is 32.6 Å². The molecule has 32 heavy (non-hydrogen) atoms. The van der Waals surface area contributed by atoms with Crippen LogP contribution in [-0.4, -0.2) is 30.1 Å². The SMILES string of the molecule is COc1ccc(-c2nc(CC(=O)Nc3ccc4oc(C(C)(C)C)nc4c3)cs2)cc1OC. The van der Waals surface area contributed by atoms with Gasteiger partial charge in [0.15, 0.2) is 17.1 Å². The number of aromatic nitrogens is 2. The summed E-state index contributed by atoms with van der Waals surface area (Å²) >= 11 is 1.48. The summed E-state index contributed by atoms with van der Waals surface area (Å²) in [5.41, 5.74) is 3.52. The number of hydrogen-bond acceptors (Lipinski definition) is 7. The standard InChI is InChI=1S/C24H25N3O4S/c1-24(2,3)23-27-17-11-15(7-9-18(17)31-23)25-21(28)12-16-13-32-22(26-16)14-6-8-19(29-4)20(10-14)30-5/h6-11,13H,12H2,1-5H3,(H,25,28). The molecule has 0 spiro atoms. The Morgan fingerprint density at radius 2 is 1.84 bits per heavy atom. The third-order valence-electron chi connectivity index (χ3n) is 4.84. The van der Waals surface area contributed by atoms with E-state index in [2.05, 4.69) is 15.3 Å². The molecule has 1 N–H and O–H groups in total. The molecule has 0 aliphatic heterocycles. The molecule has 0 radical (unpaired) electrons. The van der Waals surface area contributed by atoms with Crippen LogP contribution in [0.2, 0.25) is 0 Å². The quantitative estimate of drug-likeness (QED) is 0.420. The first-order chi connectivity index (χ1) is 15.3. The summed E-state index contributed by atoms with van der Waals surface area (Å²) in [6, 6.07) is 11.1. The lowest BCUT2D eigenvalue weighted by Crippen LogP contribution is -2.14. The Hall–Kier alpha value is -3.39. The fourth-order valence-electron chi connectivity index (χ4n) is 3.19. The van der Waals surface area contributed by atoms with Crippen molar-refractivity contribution in [3.63, 3.8) is 0 Å². The number of amides is 1. The van der Waals surface area contributed by atoms with E-state index < -0.39 is 0 Å². The molecule has 0 saturated heterocycles. The molecule has 2 aromatic carbocycles. The monoisotopic (exact) mass is 451 g/mol. The third-order valence-corrected chi connectivity index (χ3v) is 5.78. The first kappa shape index (κ1) is 21.8. The molecule has 7 nitrogen and oxygen atoms in total. The normalized spacial score (nSPS) is 11.5. The number of carbonyl (C=O) groups excluding carboxylic acids is 1. The van der Waals surface area contributed by atoms with Crippen molar-refractivity contribution in [1.29, 1.82) is 0 Å². The molecule has 0 bridgehead atoms. The number of nitrogens with one attached hydrogen (secondary N) is 1. The van der Waals surface area contributed by atoms with E-state index in [1.165, 1.54) is 11.3 Å². The second-order valence-electron chi connectivity index (χ2n) is 8.39. The first-order valence-corrected chi connectivity index (χ1v) is 11.0. The Morgan fingerprint density at radius 1 is 1.06 bits per heavy atom. The van der Waals surface area contributed by atoms with Crippen molar-refractivity contribution in [2.75, 3.05) is 19.5 Å². The molecule has 4 rings (SSSR count). The minimum atomic E-state index is -0.182. The fourth-order valence-corrected chi connectivity index (χ4v) is 4.00. The third kappa shape index (κ3) is 4.60. The van der Waals surface area contributed by atoms with E-state index in [4.69, 9.17) is 13.9 Å². The van der Waals surface area contributed by atoms with Crippen molar-refractivity contribution in [3.8, 4) is 22.1 Å². The molecule has 8 heteroatoms. The minimum Gasteiger partial charge on any atom is -0.493 e. The molecule has 2 aromatic heterocycles. The van der Waals surface area contributed by atoms with E-state index in [0.29, 0.717) is 34.4 Å². The summed E-state index contributed by atoms with van der Waals surface area (Å²) in [5.74, 6) is 1.82. The summed E-state index contributed by atoms with van der Waals surface area (Å²) in [6.07, 6.45) is 0.174. The van der Waals surface area contributed by atoms with E-state index in [1.54, 1.807) is 14.2 Å². The summed E-state index contributed by atoms with van der Waals surface area (Å²) in [5, 5.41) is 5.62. The highest BCUT2D eigenvalue weighted by molar-refractivity contribution is 7.13. The van der Waals surface area contributed by atoms with Crippen LogP contribution in [0.25, 0.3) is 21.7 Å². The van der Waals surface area contributed by atoms with Crippen molar-refractivity contribution in [1.82, 2.24) is 9.97 Å². The minimum absolute atomic E-state index is 0.145. The Kier molecular flexibility index (Phi) is 5.88. The van der Waals surface area contributed by atoms with Crippen LogP contribution < -0.4 is 14.8 Å². The maximum absolute atomic E-state index is 12.6. The molecule has 0 saturated carbocycles. The number of anilines is 1. The van der Waals surface area contributed by atoms with Crippen molar-refractivity contribution in [3.05, 3.63) is 53.4 Å². The van der Waals surface area contributed by atoms with E-state index in [0.717, 1.165) is 16.1 Å². The molecule has 4 aromatic rings. The van der Waals surface area contributed by atoms with E-state index in [9.17, 15) is 4.79 Å². The van der Waals surface area contributed by atoms with Crippen molar-refractivity contribution >= 4 is 34.0 Å². The lowest BCUT2D eigenvalue weighted by Gasteiger charge is -2.11. The Labute approximate surface area is 190 Å². The fraction of sp³-hybridized carbons (Fsp3) is 0.292. The van der Waals surface area contributed by atoms with Crippen LogP contribution in [0.1, 0.15) is 32.4 Å². The highest BCUT2D eigenvalue weighted by Crippen LogP contribution is 2.33. The number of methoxy groups -OCH3 is 2. The number of ether oxygens (including phenoxy) is 2. The van der Waals surface area contributed by atoms with Gasteiger partial charge in [-0.25, -0.2) is 9.97 Å². The van der Waals surface area contributed by atoms with Gasteiger partial charge in [0.05, 0.1) is 26.3 Å². The van der Waals surface area contributed by atoms with Gasteiger partial charge in [-0.2, -0.15) is 0 Å². The van der Waals surface area contributed by atoms with Crippen molar-refractivity contribution in [2.24, 2.45) is 0 Å². The van der Waals surface area contributed by atoms with Crippen LogP contribution in [0, 0.1) is 0 Å². The number of benzene rings is 2. The average molecular weight is 452 g/mol. The Bertz CT molecular complexity index is 1270. The summed E-state index contributed by atoms with van der Waals surface area (Å²) < 4.78 is 16.5. The number of thiazole rings is 1. The van der Waals surface area contributed by atoms with E-state index >= 15 is 0 Å². The first-order valence-electron chi connectivity index (χ1n) is 10.1. The molecule has 0 aliphatic carbocycles. The number of nitrogens with zero attached hydrogens (tertiary/aromatic N) is 2. The smallest absolute Gasteiger partial charge is 0.230 e. The van der Waals surface area contributed by atoms with Crippen LogP contribution >= 0.6 is 11.3 Å². The molecule has 1 amide bonds. The summed E-state index contributed by atoms with van der Waals surface area (Å²) in [4.78, 5) is 21.7. The van der Waals surface area contributed by atoms with Crippen LogP contribution in [0.4, 0.5) is 5.69 Å². The van der Waals surface area contributed by atoms with Gasteiger partial charge in [-0.05, 0) is 36.4 Å². The molecule has 0 fully saturated rings. The van der Waals surface area contributed by atoms with Gasteiger partial charge >= 0.3 is 0 Å². The van der Waals surface area contributed by atoms with Gasteiger partial charge in [-0.3, -0.25) is 4.79 Å². The van der Waals surface area contributed by atoms with E-state index in [1.807, 2.05) is 62.5 Å². The number of rotatable bonds is 6. The Balaban J connectivity index is 1.45. The van der Waals surface area contributed by atoms with Gasteiger partial charge in [0.2, 0.25) is 11.8 Å². The van der Waals surface area contributed by atoms with Gasteiger partial charge in [0, 0.05) is 22.0 Å². The molecule has 166 valence electrons. The number of carbonyl (C=O) groups is 1. The zero-order valence-corrected chi connectivity index (χ0v) is 19.5. The van der Waals surface area contributed by atoms with Gasteiger partial charge in [0.25, 0.3) is 0 Å². The number of hydrogen-bond donors (Lipinski definition) is 1. The van der Waals surface area contributed by atoms with Crippen molar-refractivity contribution < 1.29 is 18.7 Å². The maximum atomic E-state index is 12.6. The second kappa shape index (κ2) is 8.63. The summed E-state index contributed by atoms with van der Waals surface area (Å²) in [6.45, 7) is 6.14. The molecule has 2 heterocycles. The predicted molar refractivity (Wildman–Crippen MR) is 126 cm³/mol. The molecular weight excluding hydrogens is 426 g/mol. The maximum Gasteiger partial charge on any atom is 0.230 e. The molecule has 0 unspecified atom stereocenters. The lowest BCUT2D eigenvalue weighted by molar-refractivity contribution is -0.115. The second-order valence-corrected chi connectivity index (χ2v) is 9.25. The number of fused-ring (bicyclic) bond motifs is 1. The zero-order chi connectivity index (χ0) is 22.9. The van der Waals surface area contributed by atoms with Gasteiger partial charge < -0.3 is 19.2 Å². The molecular formula is C24H25N3O4S. The largest absolute Gasteiger partial charge is 0.493 e. The Morgan fingerprint density at radius 3 is 2.56 bits per heavy atom. The molecule has 0 atom stereocenters. The number of oxazole rings is 1. The van der Waals surface area contributed by atoms with Crippen LogP contribution in [0.5, 0.6) is 11.5 Å². The van der Waals surface area contributed by atoms with Gasteiger partial charge in [-0.1, -0.05) is 20.8 Å². The summed E-state index contributed by atoms with van der Waals surface area (Å²) in [7, 11) is 3.20. The van der Waals surface area contributed by atoms with Gasteiger partial charge in [0.1, 0.15) is 10.5 Å². The van der Waals surface area contributed by atoms with E-state index in [-0.39, 0.29) is 17.7 Å². The lowest BCUT2D eigenvalue weighted by atomic mass is 9.97. The topological polar surface area (TPSA) is 86.5 Å².